The van der Waals surface area contributed by atoms with E-state index < -0.39 is 48.3 Å². The SMILES string of the molecule is CC(C)(C)C(NC(=O)c1nn(CCCCN)c2c(F)cccc12)C(=O)NC(CO)CO. The molecule has 0 aliphatic carbocycles. The number of aromatic nitrogens is 2. The summed E-state index contributed by atoms with van der Waals surface area (Å²) in [4.78, 5) is 25.8. The summed E-state index contributed by atoms with van der Waals surface area (Å²) in [6.45, 7) is 5.34. The van der Waals surface area contributed by atoms with Gasteiger partial charge in [0, 0.05) is 11.9 Å². The fourth-order valence-electron chi connectivity index (χ4n) is 3.24. The number of aryl methyl sites for hydroxylation is 1. The molecule has 0 radical (unpaired) electrons. The molecule has 0 fully saturated rings. The Morgan fingerprint density at radius 2 is 1.87 bits per heavy atom. The average Bonchev–Trinajstić information content (AvgIpc) is 3.09. The van der Waals surface area contributed by atoms with Gasteiger partial charge in [-0.25, -0.2) is 4.39 Å². The zero-order valence-electron chi connectivity index (χ0n) is 18.2. The van der Waals surface area contributed by atoms with Gasteiger partial charge in [0.05, 0.1) is 19.3 Å². The Hall–Kier alpha value is -2.56. The second-order valence-corrected chi connectivity index (χ2v) is 8.55. The van der Waals surface area contributed by atoms with Crippen LogP contribution in [0.3, 0.4) is 0 Å². The molecule has 31 heavy (non-hydrogen) atoms. The first-order valence-corrected chi connectivity index (χ1v) is 10.3. The lowest BCUT2D eigenvalue weighted by molar-refractivity contribution is -0.126. The summed E-state index contributed by atoms with van der Waals surface area (Å²) >= 11 is 0. The van der Waals surface area contributed by atoms with Crippen molar-refractivity contribution in [2.45, 2.75) is 52.2 Å². The van der Waals surface area contributed by atoms with Crippen LogP contribution >= 0.6 is 0 Å². The van der Waals surface area contributed by atoms with Gasteiger partial charge in [-0.2, -0.15) is 5.10 Å². The Morgan fingerprint density at radius 1 is 1.19 bits per heavy atom. The lowest BCUT2D eigenvalue weighted by Crippen LogP contribution is -2.56. The summed E-state index contributed by atoms with van der Waals surface area (Å²) in [6.07, 6.45) is 1.42. The Bertz CT molecular complexity index is 905. The van der Waals surface area contributed by atoms with E-state index in [1.165, 1.54) is 16.8 Å². The highest BCUT2D eigenvalue weighted by molar-refractivity contribution is 6.06. The minimum absolute atomic E-state index is 0.0187. The van der Waals surface area contributed by atoms with E-state index in [-0.39, 0.29) is 11.2 Å². The summed E-state index contributed by atoms with van der Waals surface area (Å²) < 4.78 is 16.0. The molecule has 1 unspecified atom stereocenters. The third-order valence-electron chi connectivity index (χ3n) is 4.95. The number of rotatable bonds is 10. The molecule has 10 heteroatoms. The first-order chi connectivity index (χ1) is 14.6. The number of carbonyl (C=O) groups excluding carboxylic acids is 2. The first kappa shape index (κ1) is 24.7. The van der Waals surface area contributed by atoms with Gasteiger partial charge in [0.1, 0.15) is 17.4 Å². The van der Waals surface area contributed by atoms with E-state index in [9.17, 15) is 24.2 Å². The van der Waals surface area contributed by atoms with Crippen LogP contribution in [-0.2, 0) is 11.3 Å². The van der Waals surface area contributed by atoms with Crippen LogP contribution in [0.1, 0.15) is 44.1 Å². The van der Waals surface area contributed by atoms with Crippen LogP contribution in [0.5, 0.6) is 0 Å². The summed E-state index contributed by atoms with van der Waals surface area (Å²) in [5.74, 6) is -1.66. The van der Waals surface area contributed by atoms with E-state index in [0.29, 0.717) is 24.9 Å². The number of para-hydroxylation sites is 1. The van der Waals surface area contributed by atoms with Crippen molar-refractivity contribution >= 4 is 22.7 Å². The molecular formula is C21H32FN5O4. The topological polar surface area (TPSA) is 142 Å². The standard InChI is InChI=1S/C21H32FN5O4/c1-21(2,3)18(20(31)24-13(11-28)12-29)25-19(30)16-14-7-6-8-15(22)17(14)27(26-16)10-5-4-9-23/h6-8,13,18,28-29H,4-5,9-12,23H2,1-3H3,(H,24,31)(H,25,30). The Morgan fingerprint density at radius 3 is 2.45 bits per heavy atom. The number of aliphatic hydroxyl groups is 2. The molecule has 0 saturated carbocycles. The maximum Gasteiger partial charge on any atom is 0.273 e. The predicted octanol–water partition coefficient (Wildman–Crippen LogP) is 0.528. The largest absolute Gasteiger partial charge is 0.394 e. The molecule has 2 aromatic rings. The maximum absolute atomic E-state index is 14.5. The van der Waals surface area contributed by atoms with Crippen molar-refractivity contribution in [3.63, 3.8) is 0 Å². The third-order valence-corrected chi connectivity index (χ3v) is 4.95. The number of aliphatic hydroxyl groups excluding tert-OH is 2. The number of hydrogen-bond donors (Lipinski definition) is 5. The van der Waals surface area contributed by atoms with E-state index in [1.54, 1.807) is 26.8 Å². The second kappa shape index (κ2) is 10.7. The highest BCUT2D eigenvalue weighted by atomic mass is 19.1. The first-order valence-electron chi connectivity index (χ1n) is 10.3. The second-order valence-electron chi connectivity index (χ2n) is 8.55. The summed E-state index contributed by atoms with van der Waals surface area (Å²) in [5, 5.41) is 28.3. The zero-order chi connectivity index (χ0) is 23.2. The van der Waals surface area contributed by atoms with Crippen LogP contribution in [-0.4, -0.2) is 63.7 Å². The number of nitrogens with two attached hydrogens (primary N) is 1. The number of benzene rings is 1. The summed E-state index contributed by atoms with van der Waals surface area (Å²) in [6, 6.07) is 2.60. The Balaban J connectivity index is 2.35. The molecule has 0 bridgehead atoms. The molecule has 0 aliphatic rings. The average molecular weight is 438 g/mol. The fraction of sp³-hybridized carbons (Fsp3) is 0.571. The minimum Gasteiger partial charge on any atom is -0.394 e. The molecule has 1 aromatic carbocycles. The molecule has 2 amide bonds. The van der Waals surface area contributed by atoms with E-state index in [2.05, 4.69) is 15.7 Å². The van der Waals surface area contributed by atoms with Crippen molar-refractivity contribution in [1.29, 1.82) is 0 Å². The van der Waals surface area contributed by atoms with Crippen LogP contribution in [0, 0.1) is 11.2 Å². The summed E-state index contributed by atoms with van der Waals surface area (Å²) in [7, 11) is 0. The number of halogens is 1. The van der Waals surface area contributed by atoms with Gasteiger partial charge >= 0.3 is 0 Å². The van der Waals surface area contributed by atoms with Crippen molar-refractivity contribution in [2.24, 2.45) is 11.1 Å². The molecule has 9 nitrogen and oxygen atoms in total. The van der Waals surface area contributed by atoms with Crippen LogP contribution in [0.15, 0.2) is 18.2 Å². The van der Waals surface area contributed by atoms with E-state index in [1.807, 2.05) is 0 Å². The van der Waals surface area contributed by atoms with Gasteiger partial charge in [0.15, 0.2) is 5.69 Å². The van der Waals surface area contributed by atoms with Crippen molar-refractivity contribution in [3.8, 4) is 0 Å². The van der Waals surface area contributed by atoms with Gasteiger partial charge in [-0.15, -0.1) is 0 Å². The molecule has 0 aliphatic heterocycles. The third kappa shape index (κ3) is 5.99. The van der Waals surface area contributed by atoms with Crippen LogP contribution in [0.25, 0.3) is 10.9 Å². The number of unbranched alkanes of at least 4 members (excludes halogenated alkanes) is 1. The van der Waals surface area contributed by atoms with Gasteiger partial charge in [-0.1, -0.05) is 32.9 Å². The monoisotopic (exact) mass is 437 g/mol. The smallest absolute Gasteiger partial charge is 0.273 e. The van der Waals surface area contributed by atoms with Crippen molar-refractivity contribution in [2.75, 3.05) is 19.8 Å². The Kier molecular flexibility index (Phi) is 8.49. The number of hydrogen-bond acceptors (Lipinski definition) is 6. The predicted molar refractivity (Wildman–Crippen MR) is 115 cm³/mol. The quantitative estimate of drug-likeness (QED) is 0.343. The van der Waals surface area contributed by atoms with Gasteiger partial charge in [-0.3, -0.25) is 14.3 Å². The highest BCUT2D eigenvalue weighted by Crippen LogP contribution is 2.24. The van der Waals surface area contributed by atoms with Gasteiger partial charge in [0.2, 0.25) is 5.91 Å². The van der Waals surface area contributed by atoms with Crippen LogP contribution in [0.2, 0.25) is 0 Å². The number of carbonyl (C=O) groups is 2. The molecule has 1 atom stereocenters. The lowest BCUT2D eigenvalue weighted by atomic mass is 9.85. The van der Waals surface area contributed by atoms with Crippen molar-refractivity contribution in [1.82, 2.24) is 20.4 Å². The van der Waals surface area contributed by atoms with Gasteiger partial charge in [-0.05, 0) is 30.9 Å². The number of fused-ring (bicyclic) bond motifs is 1. The normalized spacial score (nSPS) is 12.9. The van der Waals surface area contributed by atoms with E-state index in [4.69, 9.17) is 5.73 Å². The van der Waals surface area contributed by atoms with Gasteiger partial charge in [0.25, 0.3) is 5.91 Å². The molecule has 0 spiro atoms. The highest BCUT2D eigenvalue weighted by Gasteiger charge is 2.35. The van der Waals surface area contributed by atoms with Crippen LogP contribution < -0.4 is 16.4 Å². The lowest BCUT2D eigenvalue weighted by Gasteiger charge is -2.31. The Labute approximate surface area is 180 Å². The molecule has 172 valence electrons. The van der Waals surface area contributed by atoms with Crippen molar-refractivity contribution < 1.29 is 24.2 Å². The fourth-order valence-corrected chi connectivity index (χ4v) is 3.24. The molecule has 2 rings (SSSR count). The maximum atomic E-state index is 14.5. The summed E-state index contributed by atoms with van der Waals surface area (Å²) in [5.41, 5.74) is 5.09. The van der Waals surface area contributed by atoms with E-state index >= 15 is 0 Å². The van der Waals surface area contributed by atoms with Gasteiger partial charge < -0.3 is 26.6 Å². The molecular weight excluding hydrogens is 405 g/mol. The van der Waals surface area contributed by atoms with E-state index in [0.717, 1.165) is 6.42 Å². The molecule has 1 aromatic heterocycles. The molecule has 6 N–H and O–H groups in total. The minimum atomic E-state index is -0.980. The zero-order valence-corrected chi connectivity index (χ0v) is 18.2. The number of nitrogens with zero attached hydrogens (tertiary/aromatic N) is 2. The van der Waals surface area contributed by atoms with Crippen LogP contribution in [0.4, 0.5) is 4.39 Å². The van der Waals surface area contributed by atoms with Crippen molar-refractivity contribution in [3.05, 3.63) is 29.7 Å². The molecule has 0 saturated heterocycles. The molecule has 1 heterocycles. The number of amides is 2. The number of nitrogens with one attached hydrogen (secondary N) is 2.